The Morgan fingerprint density at radius 2 is 1.77 bits per heavy atom. The molecule has 0 aromatic carbocycles. The van der Waals surface area contributed by atoms with E-state index in [4.69, 9.17) is 4.74 Å². The number of hydrogen-bond acceptors (Lipinski definition) is 5. The molecule has 2 fully saturated rings. The van der Waals surface area contributed by atoms with E-state index >= 15 is 0 Å². The van der Waals surface area contributed by atoms with Gasteiger partial charge in [0, 0.05) is 26.1 Å². The molecule has 0 radical (unpaired) electrons. The largest absolute Gasteiger partial charge is 0.444 e. The zero-order valence-corrected chi connectivity index (χ0v) is 15.6. The number of nitrogens with zero attached hydrogens (tertiary/aromatic N) is 1. The molecule has 9 heteroatoms. The molecule has 0 unspecified atom stereocenters. The lowest BCUT2D eigenvalue weighted by Gasteiger charge is -2.20. The van der Waals surface area contributed by atoms with Crippen LogP contribution in [0.3, 0.4) is 0 Å². The van der Waals surface area contributed by atoms with Gasteiger partial charge in [-0.05, 0) is 33.6 Å². The van der Waals surface area contributed by atoms with Crippen LogP contribution in [0.1, 0.15) is 52.9 Å². The molecule has 1 aliphatic carbocycles. The van der Waals surface area contributed by atoms with Crippen LogP contribution in [0.4, 0.5) is 9.59 Å². The third kappa shape index (κ3) is 5.09. The van der Waals surface area contributed by atoms with Gasteiger partial charge < -0.3 is 20.7 Å². The fraction of sp³-hybridized carbons (Fsp3) is 0.765. The van der Waals surface area contributed by atoms with Crippen LogP contribution in [0.5, 0.6) is 0 Å². The average molecular weight is 368 g/mol. The fourth-order valence-electron chi connectivity index (χ4n) is 3.18. The van der Waals surface area contributed by atoms with Gasteiger partial charge in [-0.1, -0.05) is 12.8 Å². The molecule has 0 atom stereocenters. The molecule has 26 heavy (non-hydrogen) atoms. The smallest absolute Gasteiger partial charge is 0.407 e. The second kappa shape index (κ2) is 7.92. The molecule has 146 valence electrons. The summed E-state index contributed by atoms with van der Waals surface area (Å²) < 4.78 is 5.08. The molecule has 1 heterocycles. The van der Waals surface area contributed by atoms with Crippen LogP contribution in [0, 0.1) is 0 Å². The van der Waals surface area contributed by atoms with Crippen LogP contribution < -0.4 is 16.0 Å². The number of amides is 5. The molecule has 1 saturated carbocycles. The second-order valence-electron chi connectivity index (χ2n) is 7.70. The maximum atomic E-state index is 12.5. The number of ether oxygens (including phenoxy) is 1. The highest BCUT2D eigenvalue weighted by Crippen LogP contribution is 2.34. The molecule has 2 aliphatic rings. The van der Waals surface area contributed by atoms with E-state index in [1.165, 1.54) is 0 Å². The van der Waals surface area contributed by atoms with Crippen molar-refractivity contribution in [3.05, 3.63) is 0 Å². The molecular formula is C17H28N4O5. The number of carbonyl (C=O) groups excluding carboxylic acids is 4. The van der Waals surface area contributed by atoms with E-state index in [0.717, 1.165) is 17.7 Å². The van der Waals surface area contributed by atoms with Crippen molar-refractivity contribution < 1.29 is 23.9 Å². The van der Waals surface area contributed by atoms with Crippen molar-refractivity contribution in [2.45, 2.75) is 64.0 Å². The van der Waals surface area contributed by atoms with E-state index in [0.29, 0.717) is 12.8 Å². The van der Waals surface area contributed by atoms with Crippen molar-refractivity contribution >= 4 is 23.9 Å². The third-order valence-electron chi connectivity index (χ3n) is 4.38. The highest BCUT2D eigenvalue weighted by atomic mass is 16.6. The maximum Gasteiger partial charge on any atom is 0.407 e. The fourth-order valence-corrected chi connectivity index (χ4v) is 3.18. The molecule has 0 bridgehead atoms. The SMILES string of the molecule is CC(C)(C)OC(=O)NCCNC(=O)CCN1C(=O)NC2(CCCC2)C1=O. The Morgan fingerprint density at radius 3 is 2.38 bits per heavy atom. The number of hydrogen-bond donors (Lipinski definition) is 3. The minimum atomic E-state index is -0.745. The van der Waals surface area contributed by atoms with Crippen molar-refractivity contribution in [2.24, 2.45) is 0 Å². The maximum absolute atomic E-state index is 12.5. The lowest BCUT2D eigenvalue weighted by atomic mass is 9.98. The highest BCUT2D eigenvalue weighted by molar-refractivity contribution is 6.07. The zero-order chi connectivity index (χ0) is 19.4. The topological polar surface area (TPSA) is 117 Å². The van der Waals surface area contributed by atoms with E-state index < -0.39 is 23.3 Å². The molecule has 0 aromatic rings. The first-order valence-electron chi connectivity index (χ1n) is 9.01. The van der Waals surface area contributed by atoms with Crippen molar-refractivity contribution in [3.8, 4) is 0 Å². The Kier molecular flexibility index (Phi) is 6.09. The van der Waals surface area contributed by atoms with Crippen molar-refractivity contribution in [1.29, 1.82) is 0 Å². The van der Waals surface area contributed by atoms with Crippen LogP contribution in [0.2, 0.25) is 0 Å². The standard InChI is InChI=1S/C17H28N4O5/c1-16(2,3)26-15(25)19-10-9-18-12(22)6-11-21-13(23)17(20-14(21)24)7-4-5-8-17/h4-11H2,1-3H3,(H,18,22)(H,19,25)(H,20,24). The van der Waals surface area contributed by atoms with Gasteiger partial charge >= 0.3 is 12.1 Å². The van der Waals surface area contributed by atoms with Gasteiger partial charge in [0.2, 0.25) is 5.91 Å². The van der Waals surface area contributed by atoms with Gasteiger partial charge in [-0.2, -0.15) is 0 Å². The van der Waals surface area contributed by atoms with Crippen molar-refractivity contribution in [2.75, 3.05) is 19.6 Å². The van der Waals surface area contributed by atoms with Crippen molar-refractivity contribution in [3.63, 3.8) is 0 Å². The van der Waals surface area contributed by atoms with Gasteiger partial charge in [0.25, 0.3) is 5.91 Å². The highest BCUT2D eigenvalue weighted by Gasteiger charge is 2.52. The molecule has 3 N–H and O–H groups in total. The van der Waals surface area contributed by atoms with Gasteiger partial charge in [-0.15, -0.1) is 0 Å². The minimum Gasteiger partial charge on any atom is -0.444 e. The lowest BCUT2D eigenvalue weighted by Crippen LogP contribution is -2.44. The predicted molar refractivity (Wildman–Crippen MR) is 93.3 cm³/mol. The monoisotopic (exact) mass is 368 g/mol. The van der Waals surface area contributed by atoms with E-state index in [1.807, 2.05) is 0 Å². The third-order valence-corrected chi connectivity index (χ3v) is 4.38. The van der Waals surface area contributed by atoms with Gasteiger partial charge in [0.05, 0.1) is 0 Å². The molecule has 1 aliphatic heterocycles. The summed E-state index contributed by atoms with van der Waals surface area (Å²) in [5.41, 5.74) is -1.32. The molecule has 1 spiro atoms. The van der Waals surface area contributed by atoms with Crippen LogP contribution in [-0.4, -0.2) is 59.6 Å². The van der Waals surface area contributed by atoms with Gasteiger partial charge in [-0.3, -0.25) is 14.5 Å². The Balaban J connectivity index is 1.65. The zero-order valence-electron chi connectivity index (χ0n) is 15.6. The molecule has 0 aromatic heterocycles. The number of nitrogens with one attached hydrogen (secondary N) is 3. The summed E-state index contributed by atoms with van der Waals surface area (Å²) in [6, 6.07) is -0.420. The number of alkyl carbamates (subject to hydrolysis) is 1. The summed E-state index contributed by atoms with van der Waals surface area (Å²) >= 11 is 0. The molecule has 9 nitrogen and oxygen atoms in total. The number of urea groups is 1. The van der Waals surface area contributed by atoms with Crippen LogP contribution in [0.15, 0.2) is 0 Å². The van der Waals surface area contributed by atoms with E-state index in [-0.39, 0.29) is 37.9 Å². The molecular weight excluding hydrogens is 340 g/mol. The Hall–Kier alpha value is -2.32. The van der Waals surface area contributed by atoms with Crippen molar-refractivity contribution in [1.82, 2.24) is 20.9 Å². The van der Waals surface area contributed by atoms with E-state index in [9.17, 15) is 19.2 Å². The second-order valence-corrected chi connectivity index (χ2v) is 7.70. The Labute approximate surface area is 153 Å². The van der Waals surface area contributed by atoms with Gasteiger partial charge in [0.15, 0.2) is 0 Å². The first-order valence-corrected chi connectivity index (χ1v) is 9.01. The average Bonchev–Trinajstić information content (AvgIpc) is 3.07. The first kappa shape index (κ1) is 20.0. The van der Waals surface area contributed by atoms with Crippen LogP contribution >= 0.6 is 0 Å². The van der Waals surface area contributed by atoms with Gasteiger partial charge in [-0.25, -0.2) is 9.59 Å². The summed E-state index contributed by atoms with van der Waals surface area (Å²) in [5.74, 6) is -0.511. The molecule has 1 saturated heterocycles. The van der Waals surface area contributed by atoms with Crippen LogP contribution in [-0.2, 0) is 14.3 Å². The quantitative estimate of drug-likeness (QED) is 0.475. The number of rotatable bonds is 6. The summed E-state index contributed by atoms with van der Waals surface area (Å²) in [6.07, 6.45) is 2.65. The summed E-state index contributed by atoms with van der Waals surface area (Å²) in [5, 5.41) is 7.95. The van der Waals surface area contributed by atoms with E-state index in [2.05, 4.69) is 16.0 Å². The first-order chi connectivity index (χ1) is 12.1. The molecule has 2 rings (SSSR count). The van der Waals surface area contributed by atoms with E-state index in [1.54, 1.807) is 20.8 Å². The molecule has 5 amide bonds. The summed E-state index contributed by atoms with van der Waals surface area (Å²) in [7, 11) is 0. The number of imide groups is 1. The Bertz CT molecular complexity index is 578. The normalized spacial score (nSPS) is 18.8. The summed E-state index contributed by atoms with van der Waals surface area (Å²) in [4.78, 5) is 48.9. The van der Waals surface area contributed by atoms with Gasteiger partial charge in [0.1, 0.15) is 11.1 Å². The Morgan fingerprint density at radius 1 is 1.15 bits per heavy atom. The van der Waals surface area contributed by atoms with Crippen LogP contribution in [0.25, 0.3) is 0 Å². The minimum absolute atomic E-state index is 0.0294. The summed E-state index contributed by atoms with van der Waals surface area (Å²) in [6.45, 7) is 5.81. The number of carbonyl (C=O) groups is 4. The predicted octanol–water partition coefficient (Wildman–Crippen LogP) is 0.882. The lowest BCUT2D eigenvalue weighted by molar-refractivity contribution is -0.131.